The van der Waals surface area contributed by atoms with Crippen LogP contribution < -0.4 is 5.32 Å². The van der Waals surface area contributed by atoms with E-state index in [9.17, 15) is 0 Å². The van der Waals surface area contributed by atoms with Crippen molar-refractivity contribution >= 4 is 0 Å². The van der Waals surface area contributed by atoms with Gasteiger partial charge in [0, 0.05) is 37.5 Å². The predicted octanol–water partition coefficient (Wildman–Crippen LogP) is 2.05. The van der Waals surface area contributed by atoms with E-state index >= 15 is 0 Å². The van der Waals surface area contributed by atoms with Gasteiger partial charge in [-0.1, -0.05) is 13.8 Å². The van der Waals surface area contributed by atoms with Crippen molar-refractivity contribution in [2.24, 2.45) is 13.0 Å². The summed E-state index contributed by atoms with van der Waals surface area (Å²) in [5.41, 5.74) is 2.47. The number of rotatable bonds is 6. The molecule has 2 unspecified atom stereocenters. The lowest BCUT2D eigenvalue weighted by Gasteiger charge is -2.25. The molecule has 0 amide bonds. The summed E-state index contributed by atoms with van der Waals surface area (Å²) in [6.45, 7) is 9.43. The minimum absolute atomic E-state index is 0.297. The molecule has 98 valence electrons. The Kier molecular flexibility index (Phi) is 5.15. The molecule has 4 heteroatoms. The fraction of sp³-hybridized carbons (Fsp3) is 0.769. The van der Waals surface area contributed by atoms with Gasteiger partial charge in [0.1, 0.15) is 0 Å². The first-order valence-corrected chi connectivity index (χ1v) is 6.20. The monoisotopic (exact) mass is 239 g/mol. The quantitative estimate of drug-likeness (QED) is 0.826. The van der Waals surface area contributed by atoms with Crippen LogP contribution in [0.15, 0.2) is 6.20 Å². The molecule has 1 aromatic heterocycles. The second-order valence-electron chi connectivity index (χ2n) is 5.00. The standard InChI is InChI=1S/C13H25N3O/c1-9(2)13(8-17-6)15-10(3)12-7-14-16(5)11(12)4/h7,9-10,13,15H,8H2,1-6H3. The lowest BCUT2D eigenvalue weighted by molar-refractivity contribution is 0.141. The Morgan fingerprint density at radius 2 is 2.06 bits per heavy atom. The van der Waals surface area contributed by atoms with Crippen LogP contribution in [0.25, 0.3) is 0 Å². The lowest BCUT2D eigenvalue weighted by atomic mass is 10.0. The topological polar surface area (TPSA) is 39.1 Å². The first-order valence-electron chi connectivity index (χ1n) is 6.20. The molecule has 0 fully saturated rings. The number of aryl methyl sites for hydroxylation is 1. The van der Waals surface area contributed by atoms with Crippen LogP contribution in [0.4, 0.5) is 0 Å². The van der Waals surface area contributed by atoms with Gasteiger partial charge >= 0.3 is 0 Å². The molecule has 0 saturated carbocycles. The molecule has 1 rings (SSSR count). The third-order valence-electron chi connectivity index (χ3n) is 3.35. The zero-order valence-electron chi connectivity index (χ0n) is 11.8. The molecule has 4 nitrogen and oxygen atoms in total. The zero-order chi connectivity index (χ0) is 13.0. The Morgan fingerprint density at radius 1 is 1.41 bits per heavy atom. The first kappa shape index (κ1) is 14.2. The van der Waals surface area contributed by atoms with Gasteiger partial charge in [-0.05, 0) is 19.8 Å². The number of nitrogens with zero attached hydrogens (tertiary/aromatic N) is 2. The van der Waals surface area contributed by atoms with Crippen LogP contribution in [0, 0.1) is 12.8 Å². The van der Waals surface area contributed by atoms with E-state index in [2.05, 4.69) is 38.1 Å². The molecule has 1 aromatic rings. The Morgan fingerprint density at radius 3 is 2.47 bits per heavy atom. The van der Waals surface area contributed by atoms with E-state index in [4.69, 9.17) is 4.74 Å². The van der Waals surface area contributed by atoms with Gasteiger partial charge in [-0.15, -0.1) is 0 Å². The van der Waals surface area contributed by atoms with Crippen LogP contribution in [-0.2, 0) is 11.8 Å². The van der Waals surface area contributed by atoms with Crippen LogP contribution in [-0.4, -0.2) is 29.5 Å². The van der Waals surface area contributed by atoms with Gasteiger partial charge in [0.2, 0.25) is 0 Å². The van der Waals surface area contributed by atoms with E-state index in [1.807, 2.05) is 17.9 Å². The highest BCUT2D eigenvalue weighted by Gasteiger charge is 2.18. The Balaban J connectivity index is 2.70. The van der Waals surface area contributed by atoms with E-state index < -0.39 is 0 Å². The van der Waals surface area contributed by atoms with Gasteiger partial charge in [-0.25, -0.2) is 0 Å². The van der Waals surface area contributed by atoms with Crippen molar-refractivity contribution in [3.8, 4) is 0 Å². The summed E-state index contributed by atoms with van der Waals surface area (Å²) in [4.78, 5) is 0. The molecule has 0 aliphatic rings. The summed E-state index contributed by atoms with van der Waals surface area (Å²) < 4.78 is 7.17. The highest BCUT2D eigenvalue weighted by Crippen LogP contribution is 2.18. The van der Waals surface area contributed by atoms with Crippen LogP contribution in [0.1, 0.15) is 38.1 Å². The van der Waals surface area contributed by atoms with E-state index in [1.54, 1.807) is 7.11 Å². The lowest BCUT2D eigenvalue weighted by Crippen LogP contribution is -2.39. The Bertz CT molecular complexity index is 346. The summed E-state index contributed by atoms with van der Waals surface area (Å²) in [5, 5.41) is 7.89. The second kappa shape index (κ2) is 6.17. The summed E-state index contributed by atoms with van der Waals surface area (Å²) in [5.74, 6) is 0.550. The smallest absolute Gasteiger partial charge is 0.0618 e. The van der Waals surface area contributed by atoms with E-state index in [0.29, 0.717) is 18.0 Å². The van der Waals surface area contributed by atoms with Crippen molar-refractivity contribution in [1.82, 2.24) is 15.1 Å². The summed E-state index contributed by atoms with van der Waals surface area (Å²) >= 11 is 0. The average molecular weight is 239 g/mol. The maximum Gasteiger partial charge on any atom is 0.0618 e. The van der Waals surface area contributed by atoms with Gasteiger partial charge in [0.25, 0.3) is 0 Å². The fourth-order valence-corrected chi connectivity index (χ4v) is 1.96. The van der Waals surface area contributed by atoms with Gasteiger partial charge in [0.05, 0.1) is 12.8 Å². The maximum atomic E-state index is 5.25. The third kappa shape index (κ3) is 3.54. The number of ether oxygens (including phenoxy) is 1. The minimum atomic E-state index is 0.297. The number of aromatic nitrogens is 2. The number of hydrogen-bond donors (Lipinski definition) is 1. The van der Waals surface area contributed by atoms with Gasteiger partial charge in [-0.3, -0.25) is 4.68 Å². The van der Waals surface area contributed by atoms with Crippen molar-refractivity contribution in [2.45, 2.75) is 39.8 Å². The van der Waals surface area contributed by atoms with E-state index in [-0.39, 0.29) is 0 Å². The molecule has 0 radical (unpaired) electrons. The summed E-state index contributed by atoms with van der Waals surface area (Å²) in [6, 6.07) is 0.667. The van der Waals surface area contributed by atoms with Crippen LogP contribution in [0.5, 0.6) is 0 Å². The maximum absolute atomic E-state index is 5.25. The normalized spacial score (nSPS) is 15.2. The minimum Gasteiger partial charge on any atom is -0.383 e. The largest absolute Gasteiger partial charge is 0.383 e. The molecule has 17 heavy (non-hydrogen) atoms. The van der Waals surface area contributed by atoms with Gasteiger partial charge < -0.3 is 10.1 Å². The molecule has 0 spiro atoms. The first-order chi connectivity index (χ1) is 7.97. The summed E-state index contributed by atoms with van der Waals surface area (Å²) in [7, 11) is 3.72. The van der Waals surface area contributed by atoms with Gasteiger partial charge in [-0.2, -0.15) is 5.10 Å². The van der Waals surface area contributed by atoms with Crippen LogP contribution in [0.3, 0.4) is 0 Å². The molecule has 0 saturated heterocycles. The molecule has 0 aliphatic carbocycles. The molecule has 2 atom stereocenters. The SMILES string of the molecule is COCC(NC(C)c1cnn(C)c1C)C(C)C. The molecule has 1 heterocycles. The van der Waals surface area contributed by atoms with Crippen molar-refractivity contribution in [2.75, 3.05) is 13.7 Å². The molecule has 0 aliphatic heterocycles. The Labute approximate surface area is 104 Å². The number of nitrogens with one attached hydrogen (secondary N) is 1. The second-order valence-corrected chi connectivity index (χ2v) is 5.00. The van der Waals surface area contributed by atoms with Crippen LogP contribution >= 0.6 is 0 Å². The fourth-order valence-electron chi connectivity index (χ4n) is 1.96. The molecular formula is C13H25N3O. The van der Waals surface area contributed by atoms with Crippen molar-refractivity contribution in [3.63, 3.8) is 0 Å². The number of hydrogen-bond acceptors (Lipinski definition) is 3. The molecule has 1 N–H and O–H groups in total. The van der Waals surface area contributed by atoms with E-state index in [1.165, 1.54) is 11.3 Å². The van der Waals surface area contributed by atoms with Crippen molar-refractivity contribution < 1.29 is 4.74 Å². The number of methoxy groups -OCH3 is 1. The summed E-state index contributed by atoms with van der Waals surface area (Å²) in [6.07, 6.45) is 1.94. The van der Waals surface area contributed by atoms with E-state index in [0.717, 1.165) is 6.61 Å². The third-order valence-corrected chi connectivity index (χ3v) is 3.35. The molecule has 0 bridgehead atoms. The highest BCUT2D eigenvalue weighted by atomic mass is 16.5. The zero-order valence-corrected chi connectivity index (χ0v) is 11.8. The molecule has 0 aromatic carbocycles. The van der Waals surface area contributed by atoms with Crippen LogP contribution in [0.2, 0.25) is 0 Å². The highest BCUT2D eigenvalue weighted by molar-refractivity contribution is 5.19. The van der Waals surface area contributed by atoms with Crippen molar-refractivity contribution in [3.05, 3.63) is 17.5 Å². The van der Waals surface area contributed by atoms with Gasteiger partial charge in [0.15, 0.2) is 0 Å². The molecular weight excluding hydrogens is 214 g/mol. The van der Waals surface area contributed by atoms with Crippen molar-refractivity contribution in [1.29, 1.82) is 0 Å². The average Bonchev–Trinajstić information content (AvgIpc) is 2.59. The Hall–Kier alpha value is -0.870. The predicted molar refractivity (Wildman–Crippen MR) is 70.0 cm³/mol.